The average molecular weight is 397 g/mol. The Balaban J connectivity index is 0.00000200. The fourth-order valence-corrected chi connectivity index (χ4v) is 3.33. The van der Waals surface area contributed by atoms with E-state index in [0.29, 0.717) is 31.2 Å². The van der Waals surface area contributed by atoms with Gasteiger partial charge in [0.15, 0.2) is 5.96 Å². The number of ether oxygens (including phenoxy) is 2. The van der Waals surface area contributed by atoms with Gasteiger partial charge in [-0.15, -0.1) is 24.0 Å². The number of hydrogen-bond donors (Lipinski definition) is 2. The van der Waals surface area contributed by atoms with Crippen molar-refractivity contribution in [2.45, 2.75) is 39.3 Å². The fourth-order valence-electron chi connectivity index (χ4n) is 3.33. The van der Waals surface area contributed by atoms with Crippen LogP contribution in [-0.4, -0.2) is 51.5 Å². The van der Waals surface area contributed by atoms with Crippen LogP contribution in [0.2, 0.25) is 0 Å². The summed E-state index contributed by atoms with van der Waals surface area (Å²) < 4.78 is 10.9. The topological polar surface area (TPSA) is 54.9 Å². The van der Waals surface area contributed by atoms with E-state index in [-0.39, 0.29) is 29.4 Å². The maximum absolute atomic E-state index is 5.82. The molecule has 0 aromatic heterocycles. The second-order valence-electron chi connectivity index (χ2n) is 5.94. The van der Waals surface area contributed by atoms with Crippen molar-refractivity contribution < 1.29 is 9.47 Å². The van der Waals surface area contributed by atoms with Crippen molar-refractivity contribution in [3.05, 3.63) is 0 Å². The lowest BCUT2D eigenvalue weighted by Crippen LogP contribution is -2.68. The summed E-state index contributed by atoms with van der Waals surface area (Å²) in [5.74, 6) is 1.52. The second kappa shape index (κ2) is 7.79. The van der Waals surface area contributed by atoms with Crippen LogP contribution < -0.4 is 10.6 Å². The number of fused-ring (bicyclic) bond motifs is 1. The Labute approximate surface area is 139 Å². The Kier molecular flexibility index (Phi) is 7.00. The fraction of sp³-hybridized carbons (Fsp3) is 0.929. The van der Waals surface area contributed by atoms with Crippen molar-refractivity contribution in [2.75, 3.05) is 33.4 Å². The first-order chi connectivity index (χ1) is 9.11. The standard InChI is InChI=1S/C14H27N3O2.HI/c1-5-15-13(16-7-9-18-4)17-11-10-6-8-19-12(10)14(11,2)3;/h10-12H,5-9H2,1-4H3,(H2,15,16,17);1H. The summed E-state index contributed by atoms with van der Waals surface area (Å²) in [6, 6.07) is 0.445. The van der Waals surface area contributed by atoms with E-state index in [1.165, 1.54) is 0 Å². The summed E-state index contributed by atoms with van der Waals surface area (Å²) in [6.45, 7) is 9.74. The summed E-state index contributed by atoms with van der Waals surface area (Å²) in [7, 11) is 1.70. The van der Waals surface area contributed by atoms with Crippen LogP contribution in [0.3, 0.4) is 0 Å². The third-order valence-corrected chi connectivity index (χ3v) is 4.30. The number of halogens is 1. The lowest BCUT2D eigenvalue weighted by molar-refractivity contribution is -0.106. The molecule has 20 heavy (non-hydrogen) atoms. The molecule has 0 bridgehead atoms. The molecule has 118 valence electrons. The molecular weight excluding hydrogens is 369 g/mol. The zero-order valence-corrected chi connectivity index (χ0v) is 15.3. The van der Waals surface area contributed by atoms with Gasteiger partial charge in [0, 0.05) is 37.6 Å². The van der Waals surface area contributed by atoms with Gasteiger partial charge in [-0.2, -0.15) is 0 Å². The van der Waals surface area contributed by atoms with E-state index in [9.17, 15) is 0 Å². The molecule has 3 atom stereocenters. The Hall–Kier alpha value is -0.0800. The van der Waals surface area contributed by atoms with Crippen molar-refractivity contribution in [3.63, 3.8) is 0 Å². The molecule has 5 nitrogen and oxygen atoms in total. The molecule has 0 amide bonds. The summed E-state index contributed by atoms with van der Waals surface area (Å²) in [5.41, 5.74) is 0.179. The van der Waals surface area contributed by atoms with Crippen LogP contribution in [-0.2, 0) is 9.47 Å². The van der Waals surface area contributed by atoms with Gasteiger partial charge < -0.3 is 20.1 Å². The van der Waals surface area contributed by atoms with E-state index >= 15 is 0 Å². The lowest BCUT2D eigenvalue weighted by atomic mass is 9.57. The monoisotopic (exact) mass is 397 g/mol. The van der Waals surface area contributed by atoms with Gasteiger partial charge in [-0.3, -0.25) is 4.99 Å². The predicted molar refractivity (Wildman–Crippen MR) is 91.8 cm³/mol. The third-order valence-electron chi connectivity index (χ3n) is 4.30. The van der Waals surface area contributed by atoms with Crippen molar-refractivity contribution in [1.29, 1.82) is 0 Å². The molecule has 2 N–H and O–H groups in total. The van der Waals surface area contributed by atoms with Gasteiger partial charge >= 0.3 is 0 Å². The van der Waals surface area contributed by atoms with Crippen molar-refractivity contribution in [3.8, 4) is 0 Å². The Bertz CT molecular complexity index is 336. The molecular formula is C14H28IN3O2. The largest absolute Gasteiger partial charge is 0.383 e. The maximum Gasteiger partial charge on any atom is 0.191 e. The summed E-state index contributed by atoms with van der Waals surface area (Å²) >= 11 is 0. The van der Waals surface area contributed by atoms with Crippen molar-refractivity contribution in [1.82, 2.24) is 10.6 Å². The normalized spacial score (nSPS) is 31.0. The Morgan fingerprint density at radius 1 is 1.45 bits per heavy atom. The van der Waals surface area contributed by atoms with Crippen LogP contribution in [0.1, 0.15) is 27.2 Å². The second-order valence-corrected chi connectivity index (χ2v) is 5.94. The minimum atomic E-state index is 0. The molecule has 2 aliphatic rings. The van der Waals surface area contributed by atoms with Crippen molar-refractivity contribution in [2.24, 2.45) is 16.3 Å². The number of methoxy groups -OCH3 is 1. The first kappa shape index (κ1) is 18.0. The highest BCUT2D eigenvalue weighted by molar-refractivity contribution is 14.0. The molecule has 1 aliphatic heterocycles. The van der Waals surface area contributed by atoms with Crippen LogP contribution in [0, 0.1) is 11.3 Å². The number of nitrogens with zero attached hydrogens (tertiary/aromatic N) is 1. The minimum absolute atomic E-state index is 0. The molecule has 2 fully saturated rings. The number of nitrogens with one attached hydrogen (secondary N) is 2. The molecule has 0 spiro atoms. The van der Waals surface area contributed by atoms with Crippen LogP contribution >= 0.6 is 24.0 Å². The van der Waals surface area contributed by atoms with E-state index in [1.807, 2.05) is 0 Å². The third kappa shape index (κ3) is 3.57. The number of guanidine groups is 1. The molecule has 0 aromatic carbocycles. The Morgan fingerprint density at radius 3 is 2.85 bits per heavy atom. The van der Waals surface area contributed by atoms with E-state index in [4.69, 9.17) is 9.47 Å². The zero-order chi connectivity index (χ0) is 13.9. The van der Waals surface area contributed by atoms with Gasteiger partial charge in [-0.25, -0.2) is 0 Å². The van der Waals surface area contributed by atoms with Crippen LogP contribution in [0.4, 0.5) is 0 Å². The average Bonchev–Trinajstić information content (AvgIpc) is 2.82. The smallest absolute Gasteiger partial charge is 0.191 e. The quantitative estimate of drug-likeness (QED) is 0.321. The highest BCUT2D eigenvalue weighted by Gasteiger charge is 2.59. The molecule has 2 rings (SSSR count). The predicted octanol–water partition coefficient (Wildman–Crippen LogP) is 1.62. The molecule has 3 unspecified atom stereocenters. The molecule has 6 heteroatoms. The van der Waals surface area contributed by atoms with E-state index in [1.54, 1.807) is 7.11 Å². The van der Waals surface area contributed by atoms with E-state index in [2.05, 4.69) is 36.4 Å². The molecule has 1 saturated heterocycles. The van der Waals surface area contributed by atoms with Crippen LogP contribution in [0.5, 0.6) is 0 Å². The molecule has 1 heterocycles. The van der Waals surface area contributed by atoms with E-state index in [0.717, 1.165) is 25.5 Å². The van der Waals surface area contributed by atoms with Gasteiger partial charge in [0.05, 0.1) is 19.3 Å². The number of aliphatic imine (C=N–C) groups is 1. The highest BCUT2D eigenvalue weighted by atomic mass is 127. The molecule has 1 saturated carbocycles. The highest BCUT2D eigenvalue weighted by Crippen LogP contribution is 2.51. The van der Waals surface area contributed by atoms with Gasteiger partial charge in [0.25, 0.3) is 0 Å². The molecule has 0 aromatic rings. The number of rotatable bonds is 5. The first-order valence-corrected chi connectivity index (χ1v) is 7.26. The van der Waals surface area contributed by atoms with Crippen LogP contribution in [0.15, 0.2) is 4.99 Å². The summed E-state index contributed by atoms with van der Waals surface area (Å²) in [4.78, 5) is 4.53. The van der Waals surface area contributed by atoms with Crippen LogP contribution in [0.25, 0.3) is 0 Å². The lowest BCUT2D eigenvalue weighted by Gasteiger charge is -2.54. The molecule has 1 aliphatic carbocycles. The minimum Gasteiger partial charge on any atom is -0.383 e. The maximum atomic E-state index is 5.82. The van der Waals surface area contributed by atoms with E-state index < -0.39 is 0 Å². The first-order valence-electron chi connectivity index (χ1n) is 7.26. The molecule has 0 radical (unpaired) electrons. The van der Waals surface area contributed by atoms with Gasteiger partial charge in [-0.05, 0) is 13.3 Å². The number of hydrogen-bond acceptors (Lipinski definition) is 3. The van der Waals surface area contributed by atoms with Gasteiger partial charge in [0.1, 0.15) is 0 Å². The summed E-state index contributed by atoms with van der Waals surface area (Å²) in [6.07, 6.45) is 1.57. The zero-order valence-electron chi connectivity index (χ0n) is 12.9. The van der Waals surface area contributed by atoms with Gasteiger partial charge in [-0.1, -0.05) is 13.8 Å². The SMILES string of the molecule is CCNC(=NCCOC)NC1C2CCOC2C1(C)C.I. The van der Waals surface area contributed by atoms with Crippen molar-refractivity contribution >= 4 is 29.9 Å². The van der Waals surface area contributed by atoms with Gasteiger partial charge in [0.2, 0.25) is 0 Å². The summed E-state index contributed by atoms with van der Waals surface area (Å²) in [5, 5.41) is 6.88. The Morgan fingerprint density at radius 2 is 2.20 bits per heavy atom.